The molecule has 2 aromatic rings. The first-order valence-electron chi connectivity index (χ1n) is 8.17. The van der Waals surface area contributed by atoms with E-state index in [1.807, 2.05) is 28.5 Å². The van der Waals surface area contributed by atoms with Gasteiger partial charge in [0.1, 0.15) is 0 Å². The lowest BCUT2D eigenvalue weighted by Crippen LogP contribution is -2.31. The van der Waals surface area contributed by atoms with Gasteiger partial charge in [0.2, 0.25) is 11.8 Å². The first-order chi connectivity index (χ1) is 11.7. The molecule has 5 nitrogen and oxygen atoms in total. The molecule has 1 saturated carbocycles. The van der Waals surface area contributed by atoms with Crippen molar-refractivity contribution in [1.82, 2.24) is 9.88 Å². The number of hydrogen-bond donors (Lipinski definition) is 1. The van der Waals surface area contributed by atoms with Gasteiger partial charge in [-0.15, -0.1) is 11.3 Å². The van der Waals surface area contributed by atoms with Crippen LogP contribution in [0.4, 0.5) is 5.69 Å². The first-order valence-corrected chi connectivity index (χ1v) is 9.05. The monoisotopic (exact) mass is 341 g/mol. The number of likely N-dealkylation sites (tertiary alicyclic amines) is 1. The van der Waals surface area contributed by atoms with Gasteiger partial charge in [0, 0.05) is 35.5 Å². The highest BCUT2D eigenvalue weighted by atomic mass is 32.1. The minimum Gasteiger partial charge on any atom is -0.342 e. The van der Waals surface area contributed by atoms with Gasteiger partial charge < -0.3 is 10.2 Å². The fourth-order valence-corrected chi connectivity index (χ4v) is 4.31. The summed E-state index contributed by atoms with van der Waals surface area (Å²) in [6.45, 7) is 1.48. The Bertz CT molecular complexity index is 747. The summed E-state index contributed by atoms with van der Waals surface area (Å²) < 4.78 is 0. The summed E-state index contributed by atoms with van der Waals surface area (Å²) in [6, 6.07) is 7.61. The molecule has 2 aromatic heterocycles. The van der Waals surface area contributed by atoms with Crippen molar-refractivity contribution in [3.8, 4) is 0 Å². The zero-order valence-electron chi connectivity index (χ0n) is 13.3. The summed E-state index contributed by atoms with van der Waals surface area (Å²) in [7, 11) is 0. The number of nitrogens with one attached hydrogen (secondary N) is 1. The molecule has 2 aliphatic rings. The largest absolute Gasteiger partial charge is 0.342 e. The highest BCUT2D eigenvalue weighted by molar-refractivity contribution is 7.10. The lowest BCUT2D eigenvalue weighted by Gasteiger charge is -2.16. The van der Waals surface area contributed by atoms with Crippen LogP contribution >= 0.6 is 11.3 Å². The maximum atomic E-state index is 12.4. The molecule has 2 amide bonds. The third-order valence-electron chi connectivity index (χ3n) is 5.08. The number of carbonyl (C=O) groups is 2. The number of amides is 2. The molecule has 1 aliphatic heterocycles. The van der Waals surface area contributed by atoms with E-state index >= 15 is 0 Å². The fraction of sp³-hybridized carbons (Fsp3) is 0.389. The Morgan fingerprint density at radius 2 is 2.29 bits per heavy atom. The lowest BCUT2D eigenvalue weighted by molar-refractivity contribution is -0.129. The molecule has 2 atom stereocenters. The Morgan fingerprint density at radius 3 is 3.04 bits per heavy atom. The van der Waals surface area contributed by atoms with Gasteiger partial charge >= 0.3 is 0 Å². The molecule has 4 rings (SSSR count). The molecule has 24 heavy (non-hydrogen) atoms. The third-order valence-corrected chi connectivity index (χ3v) is 5.96. The minimum absolute atomic E-state index is 0.00258. The summed E-state index contributed by atoms with van der Waals surface area (Å²) in [4.78, 5) is 31.9. The van der Waals surface area contributed by atoms with Crippen LogP contribution in [0.15, 0.2) is 42.0 Å². The predicted octanol–water partition coefficient (Wildman–Crippen LogP) is 2.56. The predicted molar refractivity (Wildman–Crippen MR) is 92.6 cm³/mol. The van der Waals surface area contributed by atoms with Gasteiger partial charge in [-0.1, -0.05) is 6.07 Å². The molecule has 1 aliphatic carbocycles. The Kier molecular flexibility index (Phi) is 3.84. The Balaban J connectivity index is 1.34. The molecule has 0 aromatic carbocycles. The summed E-state index contributed by atoms with van der Waals surface area (Å²) in [5.41, 5.74) is 0.727. The molecule has 1 N–H and O–H groups in total. The number of carbonyl (C=O) groups excluding carboxylic acids is 2. The molecule has 6 heteroatoms. The normalized spacial score (nSPS) is 25.0. The molecule has 0 bridgehead atoms. The van der Waals surface area contributed by atoms with E-state index in [-0.39, 0.29) is 23.1 Å². The third kappa shape index (κ3) is 2.94. The van der Waals surface area contributed by atoms with Crippen LogP contribution in [0.25, 0.3) is 0 Å². The quantitative estimate of drug-likeness (QED) is 0.930. The summed E-state index contributed by atoms with van der Waals surface area (Å²) in [6.07, 6.45) is 5.61. The van der Waals surface area contributed by atoms with Gasteiger partial charge in [-0.05, 0) is 36.4 Å². The number of aromatic nitrogens is 1. The number of hydrogen-bond acceptors (Lipinski definition) is 4. The van der Waals surface area contributed by atoms with E-state index in [1.165, 1.54) is 0 Å². The molecule has 1 saturated heterocycles. The second-order valence-electron chi connectivity index (χ2n) is 6.67. The number of anilines is 1. The van der Waals surface area contributed by atoms with Crippen LogP contribution in [0.5, 0.6) is 0 Å². The van der Waals surface area contributed by atoms with Crippen molar-refractivity contribution in [2.75, 3.05) is 18.4 Å². The van der Waals surface area contributed by atoms with Crippen LogP contribution in [0.3, 0.4) is 0 Å². The molecule has 1 spiro atoms. The average Bonchev–Trinajstić information content (AvgIpc) is 2.90. The highest BCUT2D eigenvalue weighted by Gasteiger charge is 2.61. The van der Waals surface area contributed by atoms with Gasteiger partial charge in [-0.25, -0.2) is 0 Å². The van der Waals surface area contributed by atoms with Crippen molar-refractivity contribution in [3.05, 3.63) is 46.9 Å². The lowest BCUT2D eigenvalue weighted by atomic mass is 10.0. The number of thiophene rings is 1. The van der Waals surface area contributed by atoms with Crippen LogP contribution in [0.1, 0.15) is 17.7 Å². The second-order valence-corrected chi connectivity index (χ2v) is 7.70. The van der Waals surface area contributed by atoms with Crippen molar-refractivity contribution in [2.24, 2.45) is 11.3 Å². The van der Waals surface area contributed by atoms with E-state index in [0.717, 1.165) is 30.0 Å². The smallest absolute Gasteiger partial charge is 0.228 e. The van der Waals surface area contributed by atoms with Crippen LogP contribution in [0.2, 0.25) is 0 Å². The van der Waals surface area contributed by atoms with E-state index in [1.54, 1.807) is 29.8 Å². The second kappa shape index (κ2) is 6.02. The van der Waals surface area contributed by atoms with Crippen LogP contribution in [-0.2, 0) is 16.0 Å². The van der Waals surface area contributed by atoms with Crippen molar-refractivity contribution >= 4 is 28.8 Å². The van der Waals surface area contributed by atoms with Gasteiger partial charge in [0.15, 0.2) is 0 Å². The molecular weight excluding hydrogens is 322 g/mol. The van der Waals surface area contributed by atoms with Gasteiger partial charge in [0.25, 0.3) is 0 Å². The zero-order valence-corrected chi connectivity index (χ0v) is 14.1. The summed E-state index contributed by atoms with van der Waals surface area (Å²) >= 11 is 1.61. The van der Waals surface area contributed by atoms with Gasteiger partial charge in [-0.2, -0.15) is 0 Å². The molecule has 3 heterocycles. The molecule has 0 radical (unpaired) electrons. The molecule has 124 valence electrons. The zero-order chi connectivity index (χ0) is 16.6. The summed E-state index contributed by atoms with van der Waals surface area (Å²) in [5, 5.41) is 4.93. The average molecular weight is 341 g/mol. The molecule has 2 fully saturated rings. The topological polar surface area (TPSA) is 62.3 Å². The van der Waals surface area contributed by atoms with Crippen molar-refractivity contribution in [2.45, 2.75) is 19.3 Å². The standard InChI is InChI=1S/C18H19N3O2S/c22-16(9-14-4-2-8-24-14)21-7-5-18(12-21)10-15(18)17(23)20-13-3-1-6-19-11-13/h1-4,6,8,11,15H,5,7,9-10,12H2,(H,20,23)/t15-,18+/m1/s1. The number of nitrogens with zero attached hydrogens (tertiary/aromatic N) is 2. The Labute approximate surface area is 144 Å². The molecular formula is C18H19N3O2S. The van der Waals surface area contributed by atoms with Gasteiger partial charge in [-0.3, -0.25) is 14.6 Å². The Hall–Kier alpha value is -2.21. The molecule has 0 unspecified atom stereocenters. The Morgan fingerprint density at radius 1 is 1.38 bits per heavy atom. The van der Waals surface area contributed by atoms with E-state index in [4.69, 9.17) is 0 Å². The van der Waals surface area contributed by atoms with Gasteiger partial charge in [0.05, 0.1) is 18.3 Å². The van der Waals surface area contributed by atoms with E-state index in [9.17, 15) is 9.59 Å². The van der Waals surface area contributed by atoms with Crippen molar-refractivity contribution < 1.29 is 9.59 Å². The van der Waals surface area contributed by atoms with Crippen LogP contribution in [0, 0.1) is 11.3 Å². The minimum atomic E-state index is -0.00258. The summed E-state index contributed by atoms with van der Waals surface area (Å²) in [5.74, 6) is 0.237. The van der Waals surface area contributed by atoms with E-state index in [2.05, 4.69) is 10.3 Å². The fourth-order valence-electron chi connectivity index (χ4n) is 3.62. The van der Waals surface area contributed by atoms with Crippen LogP contribution in [-0.4, -0.2) is 34.8 Å². The van der Waals surface area contributed by atoms with E-state index in [0.29, 0.717) is 13.0 Å². The maximum absolute atomic E-state index is 12.4. The number of rotatable bonds is 4. The highest BCUT2D eigenvalue weighted by Crippen LogP contribution is 2.58. The SMILES string of the molecule is O=C(Nc1cccnc1)[C@H]1C[C@]12CCN(C(=O)Cc1cccs1)C2. The first kappa shape index (κ1) is 15.3. The number of pyridine rings is 1. The van der Waals surface area contributed by atoms with Crippen molar-refractivity contribution in [1.29, 1.82) is 0 Å². The maximum Gasteiger partial charge on any atom is 0.228 e. The van der Waals surface area contributed by atoms with E-state index < -0.39 is 0 Å². The van der Waals surface area contributed by atoms with Crippen LogP contribution < -0.4 is 5.32 Å². The van der Waals surface area contributed by atoms with Crippen molar-refractivity contribution in [3.63, 3.8) is 0 Å².